The number of methoxy groups -OCH3 is 1. The Morgan fingerprint density at radius 3 is 2.31 bits per heavy atom. The molecule has 0 unspecified atom stereocenters. The number of carbonyl (C=O) groups excluding carboxylic acids is 2. The van der Waals surface area contributed by atoms with Crippen LogP contribution in [0.1, 0.15) is 32.7 Å². The Morgan fingerprint density at radius 2 is 1.69 bits per heavy atom. The van der Waals surface area contributed by atoms with E-state index in [0.717, 1.165) is 24.1 Å². The second-order valence-corrected chi connectivity index (χ2v) is 8.21. The van der Waals surface area contributed by atoms with Gasteiger partial charge in [0.2, 0.25) is 0 Å². The topological polar surface area (TPSA) is 80.8 Å². The van der Waals surface area contributed by atoms with Crippen molar-refractivity contribution in [2.45, 2.75) is 17.7 Å². The molecule has 26 heavy (non-hydrogen) atoms. The molecule has 0 saturated heterocycles. The molecule has 0 aliphatic carbocycles. The second kappa shape index (κ2) is 6.92. The molecular weight excluding hydrogens is 354 g/mol. The number of aryl methyl sites for hydroxylation is 1. The fourth-order valence-electron chi connectivity index (χ4n) is 3.04. The molecule has 1 aliphatic heterocycles. The zero-order valence-electron chi connectivity index (χ0n) is 14.6. The van der Waals surface area contributed by atoms with Gasteiger partial charge < -0.3 is 9.64 Å². The Bertz CT molecular complexity index is 964. The Labute approximate surface area is 152 Å². The molecule has 6 nitrogen and oxygen atoms in total. The summed E-state index contributed by atoms with van der Waals surface area (Å²) in [4.78, 5) is 26.3. The fraction of sp³-hybridized carbons (Fsp3) is 0.263. The highest BCUT2D eigenvalue weighted by molar-refractivity contribution is 7.90. The molecule has 1 amide bonds. The summed E-state index contributed by atoms with van der Waals surface area (Å²) in [5.74, 6) is -0.643. The molecule has 136 valence electrons. The van der Waals surface area contributed by atoms with Crippen LogP contribution < -0.4 is 4.90 Å². The number of hydrogen-bond donors (Lipinski definition) is 0. The van der Waals surface area contributed by atoms with E-state index in [1.165, 1.54) is 19.4 Å². The van der Waals surface area contributed by atoms with Crippen molar-refractivity contribution in [3.63, 3.8) is 0 Å². The molecule has 1 heterocycles. The van der Waals surface area contributed by atoms with Gasteiger partial charge in [-0.3, -0.25) is 4.79 Å². The Hall–Kier alpha value is -2.67. The van der Waals surface area contributed by atoms with Crippen molar-refractivity contribution in [2.24, 2.45) is 0 Å². The van der Waals surface area contributed by atoms with Gasteiger partial charge in [0.1, 0.15) is 0 Å². The quantitative estimate of drug-likeness (QED) is 0.772. The van der Waals surface area contributed by atoms with E-state index < -0.39 is 15.8 Å². The minimum atomic E-state index is -3.29. The number of rotatable bonds is 3. The normalized spacial score (nSPS) is 13.8. The van der Waals surface area contributed by atoms with Crippen LogP contribution in [0.15, 0.2) is 47.4 Å². The summed E-state index contributed by atoms with van der Waals surface area (Å²) in [6, 6.07) is 11.1. The van der Waals surface area contributed by atoms with E-state index in [1.807, 2.05) is 0 Å². The lowest BCUT2D eigenvalue weighted by atomic mass is 10.0. The van der Waals surface area contributed by atoms with Crippen LogP contribution in [0.25, 0.3) is 0 Å². The standard InChI is InChI=1S/C19H19NO5S/c1-25-19(22)14-7-5-13(6-8-14)18(21)20-11-3-4-15-12-16(26(2,23)24)9-10-17(15)20/h5-10,12H,3-4,11H2,1-2H3. The molecular formula is C19H19NO5S. The second-order valence-electron chi connectivity index (χ2n) is 6.19. The van der Waals surface area contributed by atoms with Crippen molar-refractivity contribution in [3.8, 4) is 0 Å². The maximum absolute atomic E-state index is 12.9. The van der Waals surface area contributed by atoms with Gasteiger partial charge in [-0.2, -0.15) is 0 Å². The molecule has 0 spiro atoms. The van der Waals surface area contributed by atoms with E-state index in [9.17, 15) is 18.0 Å². The predicted molar refractivity (Wildman–Crippen MR) is 97.3 cm³/mol. The number of anilines is 1. The van der Waals surface area contributed by atoms with Crippen molar-refractivity contribution in [1.82, 2.24) is 0 Å². The predicted octanol–water partition coefficient (Wildman–Crippen LogP) is 2.47. The first-order valence-electron chi connectivity index (χ1n) is 8.14. The van der Waals surface area contributed by atoms with Gasteiger partial charge in [0.05, 0.1) is 17.6 Å². The minimum Gasteiger partial charge on any atom is -0.465 e. The number of amides is 1. The lowest BCUT2D eigenvalue weighted by Crippen LogP contribution is -2.35. The first kappa shape index (κ1) is 18.1. The van der Waals surface area contributed by atoms with Crippen LogP contribution >= 0.6 is 0 Å². The number of benzene rings is 2. The SMILES string of the molecule is COC(=O)c1ccc(C(=O)N2CCCc3cc(S(C)(=O)=O)ccc32)cc1. The van der Waals surface area contributed by atoms with Crippen LogP contribution in [-0.4, -0.2) is 40.2 Å². The maximum Gasteiger partial charge on any atom is 0.337 e. The Morgan fingerprint density at radius 1 is 1.04 bits per heavy atom. The van der Waals surface area contributed by atoms with Gasteiger partial charge in [-0.05, 0) is 60.9 Å². The smallest absolute Gasteiger partial charge is 0.337 e. The molecule has 7 heteroatoms. The zero-order chi connectivity index (χ0) is 18.9. The molecule has 0 saturated carbocycles. The van der Waals surface area contributed by atoms with Crippen LogP contribution in [0.3, 0.4) is 0 Å². The molecule has 0 bridgehead atoms. The lowest BCUT2D eigenvalue weighted by Gasteiger charge is -2.30. The summed E-state index contributed by atoms with van der Waals surface area (Å²) >= 11 is 0. The van der Waals surface area contributed by atoms with E-state index in [0.29, 0.717) is 17.7 Å². The number of esters is 1. The molecule has 3 rings (SSSR count). The molecule has 0 N–H and O–H groups in total. The molecule has 0 radical (unpaired) electrons. The molecule has 1 aliphatic rings. The third-order valence-electron chi connectivity index (χ3n) is 4.40. The maximum atomic E-state index is 12.9. The van der Waals surface area contributed by atoms with Crippen LogP contribution in [0.2, 0.25) is 0 Å². The van der Waals surface area contributed by atoms with Crippen LogP contribution in [-0.2, 0) is 21.0 Å². The van der Waals surface area contributed by atoms with Gasteiger partial charge in [-0.15, -0.1) is 0 Å². The monoisotopic (exact) mass is 373 g/mol. The molecule has 0 fully saturated rings. The first-order valence-corrected chi connectivity index (χ1v) is 10.0. The van der Waals surface area contributed by atoms with Gasteiger partial charge in [0, 0.05) is 24.1 Å². The zero-order valence-corrected chi connectivity index (χ0v) is 15.4. The Balaban J connectivity index is 1.91. The van der Waals surface area contributed by atoms with Crippen molar-refractivity contribution >= 4 is 27.4 Å². The van der Waals surface area contributed by atoms with Gasteiger partial charge in [0.25, 0.3) is 5.91 Å². The van der Waals surface area contributed by atoms with Crippen LogP contribution in [0.5, 0.6) is 0 Å². The number of carbonyl (C=O) groups is 2. The van der Waals surface area contributed by atoms with E-state index >= 15 is 0 Å². The van der Waals surface area contributed by atoms with Crippen LogP contribution in [0.4, 0.5) is 5.69 Å². The number of nitrogens with zero attached hydrogens (tertiary/aromatic N) is 1. The largest absolute Gasteiger partial charge is 0.465 e. The van der Waals surface area contributed by atoms with E-state index in [2.05, 4.69) is 4.74 Å². The summed E-state index contributed by atoms with van der Waals surface area (Å²) in [6.07, 6.45) is 2.65. The van der Waals surface area contributed by atoms with Gasteiger partial charge in [-0.25, -0.2) is 13.2 Å². The lowest BCUT2D eigenvalue weighted by molar-refractivity contribution is 0.0600. The highest BCUT2D eigenvalue weighted by Gasteiger charge is 2.25. The number of sulfone groups is 1. The first-order chi connectivity index (χ1) is 12.3. The molecule has 0 aromatic heterocycles. The van der Waals surface area contributed by atoms with Crippen LogP contribution in [0, 0.1) is 0 Å². The summed E-state index contributed by atoms with van der Waals surface area (Å²) < 4.78 is 28.2. The van der Waals surface area contributed by atoms with E-state index in [4.69, 9.17) is 0 Å². The van der Waals surface area contributed by atoms with Gasteiger partial charge >= 0.3 is 5.97 Å². The highest BCUT2D eigenvalue weighted by Crippen LogP contribution is 2.30. The molecule has 2 aromatic carbocycles. The average molecular weight is 373 g/mol. The third kappa shape index (κ3) is 3.48. The fourth-order valence-corrected chi connectivity index (χ4v) is 3.71. The van der Waals surface area contributed by atoms with Crippen molar-refractivity contribution in [1.29, 1.82) is 0 Å². The summed E-state index contributed by atoms with van der Waals surface area (Å²) in [6.45, 7) is 0.558. The number of fused-ring (bicyclic) bond motifs is 1. The van der Waals surface area contributed by atoms with E-state index in [-0.39, 0.29) is 10.8 Å². The molecule has 2 aromatic rings. The van der Waals surface area contributed by atoms with E-state index in [1.54, 1.807) is 41.3 Å². The average Bonchev–Trinajstić information content (AvgIpc) is 2.65. The van der Waals surface area contributed by atoms with Crippen molar-refractivity contribution in [3.05, 3.63) is 59.2 Å². The minimum absolute atomic E-state index is 0.186. The van der Waals surface area contributed by atoms with Gasteiger partial charge in [-0.1, -0.05) is 0 Å². The number of hydrogen-bond acceptors (Lipinski definition) is 5. The third-order valence-corrected chi connectivity index (χ3v) is 5.51. The molecule has 0 atom stereocenters. The van der Waals surface area contributed by atoms with Crippen molar-refractivity contribution in [2.75, 3.05) is 24.8 Å². The summed E-state index contributed by atoms with van der Waals surface area (Å²) in [7, 11) is -1.99. The van der Waals surface area contributed by atoms with Crippen molar-refractivity contribution < 1.29 is 22.7 Å². The number of ether oxygens (including phenoxy) is 1. The highest BCUT2D eigenvalue weighted by atomic mass is 32.2. The Kier molecular flexibility index (Phi) is 4.82. The summed E-state index contributed by atoms with van der Waals surface area (Å²) in [5, 5.41) is 0. The summed E-state index contributed by atoms with van der Waals surface area (Å²) in [5.41, 5.74) is 2.41. The van der Waals surface area contributed by atoms with Gasteiger partial charge in [0.15, 0.2) is 9.84 Å².